The van der Waals surface area contributed by atoms with Gasteiger partial charge in [0.05, 0.1) is 10.6 Å². The number of nitro benzene ring substituents is 1. The summed E-state index contributed by atoms with van der Waals surface area (Å²) in [5.41, 5.74) is 1.36. The lowest BCUT2D eigenvalue weighted by Crippen LogP contribution is -1.88. The van der Waals surface area contributed by atoms with Crippen LogP contribution in [0.4, 0.5) is 10.1 Å². The highest BCUT2D eigenvalue weighted by molar-refractivity contribution is 5.73. The molecule has 0 bridgehead atoms. The maximum absolute atomic E-state index is 12.5. The van der Waals surface area contributed by atoms with E-state index in [1.54, 1.807) is 18.2 Å². The van der Waals surface area contributed by atoms with E-state index in [0.29, 0.717) is 11.1 Å². The average Bonchev–Trinajstić information content (AvgIpc) is 2.99. The minimum absolute atomic E-state index is 0.0536. The molecule has 0 unspecified atom stereocenters. The van der Waals surface area contributed by atoms with Gasteiger partial charge in [-0.1, -0.05) is 19.9 Å². The highest BCUT2D eigenvalue weighted by Crippen LogP contribution is 2.26. The van der Waals surface area contributed by atoms with Crippen LogP contribution in [0.1, 0.15) is 19.5 Å². The third-order valence-corrected chi connectivity index (χ3v) is 2.75. The van der Waals surface area contributed by atoms with E-state index in [-0.39, 0.29) is 22.9 Å². The third kappa shape index (κ3) is 3.08. The molecule has 3 rings (SSSR count). The van der Waals surface area contributed by atoms with Crippen LogP contribution in [0.3, 0.4) is 0 Å². The first-order valence-electron chi connectivity index (χ1n) is 6.74. The van der Waals surface area contributed by atoms with E-state index in [9.17, 15) is 14.5 Å². The molecule has 114 valence electrons. The van der Waals surface area contributed by atoms with Crippen molar-refractivity contribution >= 4 is 16.9 Å². The van der Waals surface area contributed by atoms with Crippen molar-refractivity contribution in [3.05, 3.63) is 52.2 Å². The van der Waals surface area contributed by atoms with Crippen LogP contribution < -0.4 is 0 Å². The second-order valence-corrected chi connectivity index (χ2v) is 4.08. The first-order valence-corrected chi connectivity index (χ1v) is 6.74. The van der Waals surface area contributed by atoms with Crippen LogP contribution in [-0.2, 0) is 6.67 Å². The molecule has 0 saturated heterocycles. The van der Waals surface area contributed by atoms with E-state index in [4.69, 9.17) is 4.42 Å². The Kier molecular flexibility index (Phi) is 4.77. The fourth-order valence-corrected chi connectivity index (χ4v) is 1.81. The van der Waals surface area contributed by atoms with Crippen LogP contribution in [0.25, 0.3) is 22.7 Å². The van der Waals surface area contributed by atoms with E-state index >= 15 is 0 Å². The van der Waals surface area contributed by atoms with Crippen LogP contribution in [0.2, 0.25) is 0 Å². The number of pyridine rings is 1. The summed E-state index contributed by atoms with van der Waals surface area (Å²) in [5.74, 6) is 0.215. The predicted octanol–water partition coefficient (Wildman–Crippen LogP) is 4.29. The second kappa shape index (κ2) is 6.75. The van der Waals surface area contributed by atoms with Crippen molar-refractivity contribution in [2.75, 3.05) is 0 Å². The lowest BCUT2D eigenvalue weighted by atomic mass is 10.2. The molecule has 2 aromatic heterocycles. The highest BCUT2D eigenvalue weighted by atomic mass is 19.1. The smallest absolute Gasteiger partial charge is 0.270 e. The zero-order chi connectivity index (χ0) is 16.1. The summed E-state index contributed by atoms with van der Waals surface area (Å²) in [6.45, 7) is 3.31. The number of halogens is 1. The molecule has 0 radical (unpaired) electrons. The Morgan fingerprint density at radius 3 is 2.68 bits per heavy atom. The Labute approximate surface area is 125 Å². The summed E-state index contributed by atoms with van der Waals surface area (Å²) >= 11 is 0. The number of alkyl halides is 1. The first kappa shape index (κ1) is 15.6. The molecule has 0 aliphatic rings. The molecule has 0 N–H and O–H groups in total. The summed E-state index contributed by atoms with van der Waals surface area (Å²) in [5, 5.41) is 10.7. The number of hydrogen-bond donors (Lipinski definition) is 0. The Hall–Kier alpha value is -2.83. The zero-order valence-electron chi connectivity index (χ0n) is 12.1. The normalized spacial score (nSPS) is 10.1. The van der Waals surface area contributed by atoms with Crippen LogP contribution >= 0.6 is 0 Å². The van der Waals surface area contributed by atoms with Crippen molar-refractivity contribution in [3.8, 4) is 11.5 Å². The molecule has 0 saturated carbocycles. The van der Waals surface area contributed by atoms with Crippen molar-refractivity contribution in [3.63, 3.8) is 0 Å². The number of oxazole rings is 1. The molecule has 2 heterocycles. The minimum Gasteiger partial charge on any atom is -0.434 e. The second-order valence-electron chi connectivity index (χ2n) is 4.08. The fraction of sp³-hybridized carbons (Fsp3) is 0.200. The molecule has 0 aliphatic carbocycles. The Bertz CT molecular complexity index is 802. The van der Waals surface area contributed by atoms with Crippen molar-refractivity contribution < 1.29 is 13.7 Å². The van der Waals surface area contributed by atoms with Gasteiger partial charge in [0.1, 0.15) is 6.67 Å². The zero-order valence-corrected chi connectivity index (χ0v) is 12.1. The molecular formula is C15H14FN3O3. The van der Waals surface area contributed by atoms with Crippen LogP contribution in [0.15, 0.2) is 40.8 Å². The van der Waals surface area contributed by atoms with Gasteiger partial charge in [-0.2, -0.15) is 4.98 Å². The summed E-state index contributed by atoms with van der Waals surface area (Å²) in [6.07, 6.45) is 0. The lowest BCUT2D eigenvalue weighted by Gasteiger charge is -1.94. The van der Waals surface area contributed by atoms with Gasteiger partial charge < -0.3 is 4.42 Å². The van der Waals surface area contributed by atoms with Gasteiger partial charge in [-0.3, -0.25) is 10.1 Å². The maximum Gasteiger partial charge on any atom is 0.270 e. The molecule has 0 aliphatic heterocycles. The van der Waals surface area contributed by atoms with Gasteiger partial charge >= 0.3 is 0 Å². The predicted molar refractivity (Wildman–Crippen MR) is 80.1 cm³/mol. The van der Waals surface area contributed by atoms with E-state index < -0.39 is 11.6 Å². The number of aromatic nitrogens is 2. The standard InChI is InChI=1S/C13H8FN3O3.C2H6/c14-7-9-4-5-11-12(15-9)16-13(20-11)8-2-1-3-10(6-8)17(18)19;1-2/h1-6H,7H2;1-2H3. The molecule has 0 amide bonds. The van der Waals surface area contributed by atoms with E-state index in [1.165, 1.54) is 18.2 Å². The van der Waals surface area contributed by atoms with Gasteiger partial charge in [-0.05, 0) is 18.2 Å². The van der Waals surface area contributed by atoms with Gasteiger partial charge in [0.15, 0.2) is 11.2 Å². The van der Waals surface area contributed by atoms with E-state index in [0.717, 1.165) is 0 Å². The summed E-state index contributed by atoms with van der Waals surface area (Å²) in [6, 6.07) is 9.01. The van der Waals surface area contributed by atoms with Crippen molar-refractivity contribution in [1.29, 1.82) is 0 Å². The summed E-state index contributed by atoms with van der Waals surface area (Å²) in [4.78, 5) is 18.4. The minimum atomic E-state index is -0.686. The van der Waals surface area contributed by atoms with Gasteiger partial charge in [-0.15, -0.1) is 0 Å². The largest absolute Gasteiger partial charge is 0.434 e. The average molecular weight is 303 g/mol. The molecule has 0 fully saturated rings. The van der Waals surface area contributed by atoms with E-state index in [1.807, 2.05) is 13.8 Å². The quantitative estimate of drug-likeness (QED) is 0.532. The van der Waals surface area contributed by atoms with E-state index in [2.05, 4.69) is 9.97 Å². The van der Waals surface area contributed by atoms with Gasteiger partial charge in [0.2, 0.25) is 5.89 Å². The maximum atomic E-state index is 12.5. The highest BCUT2D eigenvalue weighted by Gasteiger charge is 2.13. The number of hydrogen-bond acceptors (Lipinski definition) is 5. The first-order chi connectivity index (χ1) is 10.7. The van der Waals surface area contributed by atoms with Crippen molar-refractivity contribution in [2.45, 2.75) is 20.5 Å². The fourth-order valence-electron chi connectivity index (χ4n) is 1.81. The summed E-state index contributed by atoms with van der Waals surface area (Å²) < 4.78 is 18.0. The molecule has 22 heavy (non-hydrogen) atoms. The number of fused-ring (bicyclic) bond motifs is 1. The molecule has 0 spiro atoms. The Morgan fingerprint density at radius 2 is 2.00 bits per heavy atom. The SMILES string of the molecule is CC.O=[N+]([O-])c1cccc(-c2nc3nc(CF)ccc3o2)c1. The number of non-ortho nitro benzene ring substituents is 1. The molecule has 0 atom stereocenters. The lowest BCUT2D eigenvalue weighted by molar-refractivity contribution is -0.384. The van der Waals surface area contributed by atoms with Crippen molar-refractivity contribution in [2.24, 2.45) is 0 Å². The Morgan fingerprint density at radius 1 is 1.23 bits per heavy atom. The molecule has 3 aromatic rings. The molecule has 1 aromatic carbocycles. The molecule has 6 nitrogen and oxygen atoms in total. The van der Waals surface area contributed by atoms with Crippen LogP contribution in [0, 0.1) is 10.1 Å². The van der Waals surface area contributed by atoms with Crippen LogP contribution in [-0.4, -0.2) is 14.9 Å². The number of nitrogens with zero attached hydrogens (tertiary/aromatic N) is 3. The topological polar surface area (TPSA) is 82.1 Å². The molecular weight excluding hydrogens is 289 g/mol. The number of benzene rings is 1. The van der Waals surface area contributed by atoms with Crippen molar-refractivity contribution in [1.82, 2.24) is 9.97 Å². The third-order valence-electron chi connectivity index (χ3n) is 2.75. The number of rotatable bonds is 3. The van der Waals surface area contributed by atoms with Crippen LogP contribution in [0.5, 0.6) is 0 Å². The van der Waals surface area contributed by atoms with Gasteiger partial charge in [-0.25, -0.2) is 9.37 Å². The summed E-state index contributed by atoms with van der Waals surface area (Å²) in [7, 11) is 0. The van der Waals surface area contributed by atoms with Gasteiger partial charge in [0, 0.05) is 17.7 Å². The Balaban J connectivity index is 0.000000847. The molecule has 7 heteroatoms. The monoisotopic (exact) mass is 303 g/mol. The van der Waals surface area contributed by atoms with Gasteiger partial charge in [0.25, 0.3) is 5.69 Å². The number of nitro groups is 1.